The standard InChI is InChI=1S/C22H27N3O2/c1-7-25(8-2)18-12-20(26)24-21-17(18)11-14(4)23-22(21)27-19-10-9-13(3)15(5)16(19)6/h9-12H,7-8H2,1-6H3,(H,24,26). The van der Waals surface area contributed by atoms with Gasteiger partial charge in [-0.25, -0.2) is 4.98 Å². The first-order valence-corrected chi connectivity index (χ1v) is 9.40. The first-order valence-electron chi connectivity index (χ1n) is 9.40. The lowest BCUT2D eigenvalue weighted by Crippen LogP contribution is -2.24. The van der Waals surface area contributed by atoms with Crippen LogP contribution in [0.1, 0.15) is 36.2 Å². The average molecular weight is 365 g/mol. The van der Waals surface area contributed by atoms with E-state index in [-0.39, 0.29) is 5.56 Å². The number of hydrogen-bond donors (Lipinski definition) is 1. The lowest BCUT2D eigenvalue weighted by molar-refractivity contribution is 0.462. The summed E-state index contributed by atoms with van der Waals surface area (Å²) in [5.74, 6) is 1.19. The van der Waals surface area contributed by atoms with Gasteiger partial charge in [0.15, 0.2) is 0 Å². The van der Waals surface area contributed by atoms with Gasteiger partial charge in [-0.1, -0.05) is 6.07 Å². The number of nitrogens with one attached hydrogen (secondary N) is 1. The van der Waals surface area contributed by atoms with Crippen molar-refractivity contribution < 1.29 is 4.74 Å². The zero-order valence-electron chi connectivity index (χ0n) is 16.9. The predicted molar refractivity (Wildman–Crippen MR) is 111 cm³/mol. The van der Waals surface area contributed by atoms with Crippen molar-refractivity contribution in [2.45, 2.75) is 41.5 Å². The van der Waals surface area contributed by atoms with Crippen LogP contribution < -0.4 is 15.2 Å². The van der Waals surface area contributed by atoms with Crippen LogP contribution in [0.3, 0.4) is 0 Å². The van der Waals surface area contributed by atoms with E-state index in [9.17, 15) is 4.79 Å². The topological polar surface area (TPSA) is 58.2 Å². The highest BCUT2D eigenvalue weighted by Crippen LogP contribution is 2.34. The van der Waals surface area contributed by atoms with Gasteiger partial charge in [-0.15, -0.1) is 0 Å². The fourth-order valence-corrected chi connectivity index (χ4v) is 3.37. The van der Waals surface area contributed by atoms with Crippen LogP contribution in [0.4, 0.5) is 5.69 Å². The molecule has 27 heavy (non-hydrogen) atoms. The van der Waals surface area contributed by atoms with Crippen LogP contribution in [0.15, 0.2) is 29.1 Å². The van der Waals surface area contributed by atoms with Gasteiger partial charge in [0.25, 0.3) is 5.56 Å². The smallest absolute Gasteiger partial charge is 0.250 e. The number of anilines is 1. The summed E-state index contributed by atoms with van der Waals surface area (Å²) in [6.45, 7) is 14.0. The van der Waals surface area contributed by atoms with E-state index in [2.05, 4.69) is 42.6 Å². The minimum atomic E-state index is -0.156. The maximum absolute atomic E-state index is 12.3. The van der Waals surface area contributed by atoms with Crippen molar-refractivity contribution in [3.05, 3.63) is 57.0 Å². The van der Waals surface area contributed by atoms with E-state index in [0.29, 0.717) is 11.4 Å². The molecular weight excluding hydrogens is 338 g/mol. The molecule has 0 amide bonds. The Bertz CT molecular complexity index is 1050. The summed E-state index contributed by atoms with van der Waals surface area (Å²) in [7, 11) is 0. The van der Waals surface area contributed by atoms with E-state index in [1.807, 2.05) is 32.0 Å². The van der Waals surface area contributed by atoms with E-state index in [1.165, 1.54) is 11.1 Å². The molecule has 0 bridgehead atoms. The van der Waals surface area contributed by atoms with Crippen LogP contribution in [0.5, 0.6) is 11.6 Å². The van der Waals surface area contributed by atoms with Crippen LogP contribution in [0.25, 0.3) is 10.9 Å². The second kappa shape index (κ2) is 7.43. The number of hydrogen-bond acceptors (Lipinski definition) is 4. The van der Waals surface area contributed by atoms with Crippen LogP contribution >= 0.6 is 0 Å². The zero-order chi connectivity index (χ0) is 19.7. The summed E-state index contributed by atoms with van der Waals surface area (Å²) >= 11 is 0. The highest BCUT2D eigenvalue weighted by molar-refractivity contribution is 5.94. The van der Waals surface area contributed by atoms with Crippen LogP contribution in [-0.2, 0) is 0 Å². The molecule has 0 saturated heterocycles. The number of fused-ring (bicyclic) bond motifs is 1. The molecular formula is C22H27N3O2. The first kappa shape index (κ1) is 19.0. The molecule has 0 atom stereocenters. The lowest BCUT2D eigenvalue weighted by atomic mass is 10.0. The number of aromatic amines is 1. The fraction of sp³-hybridized carbons (Fsp3) is 0.364. The number of H-pyrrole nitrogens is 1. The van der Waals surface area contributed by atoms with E-state index >= 15 is 0 Å². The number of nitrogens with zero attached hydrogens (tertiary/aromatic N) is 2. The van der Waals surface area contributed by atoms with Gasteiger partial charge in [0.2, 0.25) is 5.88 Å². The summed E-state index contributed by atoms with van der Waals surface area (Å²) in [5, 5.41) is 0.947. The minimum Gasteiger partial charge on any atom is -0.437 e. The van der Waals surface area contributed by atoms with Gasteiger partial charge in [0.1, 0.15) is 11.3 Å². The maximum Gasteiger partial charge on any atom is 0.250 e. The molecule has 2 heterocycles. The number of aromatic nitrogens is 2. The second-order valence-electron chi connectivity index (χ2n) is 6.92. The maximum atomic E-state index is 12.3. The van der Waals surface area contributed by atoms with Crippen molar-refractivity contribution in [3.63, 3.8) is 0 Å². The molecule has 0 fully saturated rings. The van der Waals surface area contributed by atoms with Crippen LogP contribution in [0.2, 0.25) is 0 Å². The van der Waals surface area contributed by atoms with E-state index < -0.39 is 0 Å². The molecule has 0 aliphatic heterocycles. The molecule has 1 aromatic carbocycles. The van der Waals surface area contributed by atoms with E-state index in [1.54, 1.807) is 6.07 Å². The average Bonchev–Trinajstić information content (AvgIpc) is 2.64. The molecule has 3 aromatic rings. The Morgan fingerprint density at radius 2 is 1.74 bits per heavy atom. The number of aryl methyl sites for hydroxylation is 2. The Morgan fingerprint density at radius 3 is 2.41 bits per heavy atom. The van der Waals surface area contributed by atoms with Crippen molar-refractivity contribution in [3.8, 4) is 11.6 Å². The van der Waals surface area contributed by atoms with Gasteiger partial charge in [-0.2, -0.15) is 0 Å². The summed E-state index contributed by atoms with van der Waals surface area (Å²) in [6, 6.07) is 7.65. The molecule has 3 rings (SSSR count). The third-order valence-electron chi connectivity index (χ3n) is 5.23. The molecule has 0 radical (unpaired) electrons. The summed E-state index contributed by atoms with van der Waals surface area (Å²) in [4.78, 5) is 22.0. The van der Waals surface area contributed by atoms with Gasteiger partial charge in [-0.3, -0.25) is 4.79 Å². The Balaban J connectivity index is 2.22. The second-order valence-corrected chi connectivity index (χ2v) is 6.92. The number of rotatable bonds is 5. The number of benzene rings is 1. The molecule has 0 spiro atoms. The Morgan fingerprint density at radius 1 is 1.04 bits per heavy atom. The minimum absolute atomic E-state index is 0.156. The molecule has 0 saturated carbocycles. The third kappa shape index (κ3) is 3.54. The molecule has 1 N–H and O–H groups in total. The van der Waals surface area contributed by atoms with Crippen molar-refractivity contribution in [1.82, 2.24) is 9.97 Å². The van der Waals surface area contributed by atoms with Crippen molar-refractivity contribution in [1.29, 1.82) is 0 Å². The molecule has 0 unspecified atom stereocenters. The van der Waals surface area contributed by atoms with Gasteiger partial charge in [-0.05, 0) is 70.4 Å². The van der Waals surface area contributed by atoms with Crippen molar-refractivity contribution >= 4 is 16.6 Å². The van der Waals surface area contributed by atoms with Crippen molar-refractivity contribution in [2.75, 3.05) is 18.0 Å². The molecule has 142 valence electrons. The van der Waals surface area contributed by atoms with E-state index in [4.69, 9.17) is 4.74 Å². The quantitative estimate of drug-likeness (QED) is 0.706. The highest BCUT2D eigenvalue weighted by Gasteiger charge is 2.16. The third-order valence-corrected chi connectivity index (χ3v) is 5.23. The van der Waals surface area contributed by atoms with Crippen LogP contribution in [-0.4, -0.2) is 23.1 Å². The van der Waals surface area contributed by atoms with Gasteiger partial charge < -0.3 is 14.6 Å². The largest absolute Gasteiger partial charge is 0.437 e. The van der Waals surface area contributed by atoms with Crippen molar-refractivity contribution in [2.24, 2.45) is 0 Å². The Hall–Kier alpha value is -2.82. The molecule has 5 nitrogen and oxygen atoms in total. The monoisotopic (exact) mass is 365 g/mol. The zero-order valence-corrected chi connectivity index (χ0v) is 16.9. The normalized spacial score (nSPS) is 11.0. The van der Waals surface area contributed by atoms with Gasteiger partial charge in [0, 0.05) is 30.2 Å². The number of ether oxygens (including phenoxy) is 1. The fourth-order valence-electron chi connectivity index (χ4n) is 3.37. The Kier molecular flexibility index (Phi) is 5.22. The summed E-state index contributed by atoms with van der Waals surface area (Å²) < 4.78 is 6.20. The molecule has 0 aliphatic carbocycles. The van der Waals surface area contributed by atoms with Crippen LogP contribution in [0, 0.1) is 27.7 Å². The highest BCUT2D eigenvalue weighted by atomic mass is 16.5. The Labute approximate surface area is 160 Å². The SMILES string of the molecule is CCN(CC)c1cc(=O)[nH]c2c(Oc3ccc(C)c(C)c3C)nc(C)cc12. The van der Waals surface area contributed by atoms with E-state index in [0.717, 1.165) is 41.2 Å². The lowest BCUT2D eigenvalue weighted by Gasteiger charge is -2.23. The summed E-state index contributed by atoms with van der Waals surface area (Å²) in [6.07, 6.45) is 0. The van der Waals surface area contributed by atoms with Gasteiger partial charge >= 0.3 is 0 Å². The number of pyridine rings is 2. The summed E-state index contributed by atoms with van der Waals surface area (Å²) in [5.41, 5.74) is 5.73. The van der Waals surface area contributed by atoms with Gasteiger partial charge in [0.05, 0.1) is 5.69 Å². The molecule has 2 aromatic heterocycles. The molecule has 0 aliphatic rings. The predicted octanol–water partition coefficient (Wildman–Crippen LogP) is 4.80. The molecule has 5 heteroatoms. The first-order chi connectivity index (χ1) is 12.8.